The number of methoxy groups -OCH3 is 1. The molecule has 0 spiro atoms. The van der Waals surface area contributed by atoms with E-state index in [0.29, 0.717) is 22.2 Å². The monoisotopic (exact) mass is 499 g/mol. The van der Waals surface area contributed by atoms with Crippen molar-refractivity contribution in [2.24, 2.45) is 0 Å². The highest BCUT2D eigenvalue weighted by Gasteiger charge is 2.31. The van der Waals surface area contributed by atoms with E-state index in [9.17, 15) is 22.8 Å². The Bertz CT molecular complexity index is 1440. The first-order chi connectivity index (χ1) is 17.2. The second kappa shape index (κ2) is 9.94. The van der Waals surface area contributed by atoms with Gasteiger partial charge in [0.05, 0.1) is 24.5 Å². The zero-order valence-corrected chi connectivity index (χ0v) is 19.1. The van der Waals surface area contributed by atoms with Gasteiger partial charge in [-0.05, 0) is 29.8 Å². The summed E-state index contributed by atoms with van der Waals surface area (Å²) in [5, 5.41) is 10.2. The zero-order chi connectivity index (χ0) is 25.9. The molecule has 12 heteroatoms. The summed E-state index contributed by atoms with van der Waals surface area (Å²) in [6, 6.07) is 13.9. The van der Waals surface area contributed by atoms with Gasteiger partial charge in [-0.3, -0.25) is 9.59 Å². The summed E-state index contributed by atoms with van der Waals surface area (Å²) in [4.78, 5) is 29.5. The Kier molecular flexibility index (Phi) is 6.77. The lowest BCUT2D eigenvalue weighted by atomic mass is 10.2. The maximum absolute atomic E-state index is 13.0. The number of pyridine rings is 1. The Morgan fingerprint density at radius 1 is 1.06 bits per heavy atom. The average molecular weight is 499 g/mol. The van der Waals surface area contributed by atoms with E-state index in [2.05, 4.69) is 25.5 Å². The van der Waals surface area contributed by atoms with Crippen LogP contribution in [-0.4, -0.2) is 47.1 Å². The molecule has 2 aromatic carbocycles. The molecule has 2 heterocycles. The van der Waals surface area contributed by atoms with E-state index in [1.54, 1.807) is 30.3 Å². The van der Waals surface area contributed by atoms with Crippen LogP contribution in [0.3, 0.4) is 0 Å². The summed E-state index contributed by atoms with van der Waals surface area (Å²) in [6.45, 7) is -0.0766. The standard InChI is InChI=1S/C24H20F3N5O4/c1-28-22(34)20-17-8-3-4-9-19(17)32(31-20)15-11-18(23(35-2)30-13-15)21(33)29-12-14-6-5-7-16(10-14)36-24(25,26)27/h3-11,13H,12H2,1-2H3,(H,28,34)(H,29,33). The molecule has 0 unspecified atom stereocenters. The minimum Gasteiger partial charge on any atom is -0.480 e. The smallest absolute Gasteiger partial charge is 0.480 e. The van der Waals surface area contributed by atoms with Gasteiger partial charge in [0.15, 0.2) is 5.69 Å². The Balaban J connectivity index is 1.63. The van der Waals surface area contributed by atoms with Crippen LogP contribution in [0.2, 0.25) is 0 Å². The molecule has 4 aromatic rings. The van der Waals surface area contributed by atoms with Gasteiger partial charge in [-0.25, -0.2) is 9.67 Å². The summed E-state index contributed by atoms with van der Waals surface area (Å²) >= 11 is 0. The number of halogens is 3. The van der Waals surface area contributed by atoms with Gasteiger partial charge >= 0.3 is 6.36 Å². The highest BCUT2D eigenvalue weighted by atomic mass is 19.4. The minimum atomic E-state index is -4.82. The van der Waals surface area contributed by atoms with Crippen molar-refractivity contribution < 1.29 is 32.2 Å². The van der Waals surface area contributed by atoms with E-state index in [0.717, 1.165) is 6.07 Å². The summed E-state index contributed by atoms with van der Waals surface area (Å²) in [7, 11) is 2.85. The van der Waals surface area contributed by atoms with Crippen LogP contribution in [-0.2, 0) is 6.54 Å². The van der Waals surface area contributed by atoms with Crippen molar-refractivity contribution in [3.8, 4) is 17.3 Å². The molecular weight excluding hydrogens is 479 g/mol. The third-order valence-corrected chi connectivity index (χ3v) is 5.13. The number of carbonyl (C=O) groups excluding carboxylic acids is 2. The Morgan fingerprint density at radius 3 is 2.56 bits per heavy atom. The molecule has 0 radical (unpaired) electrons. The molecule has 0 atom stereocenters. The van der Waals surface area contributed by atoms with Crippen molar-refractivity contribution in [2.75, 3.05) is 14.2 Å². The number of carbonyl (C=O) groups is 2. The number of aromatic nitrogens is 3. The quantitative estimate of drug-likeness (QED) is 0.402. The van der Waals surface area contributed by atoms with Crippen LogP contribution in [0.15, 0.2) is 60.8 Å². The van der Waals surface area contributed by atoms with Crippen LogP contribution in [0.1, 0.15) is 26.4 Å². The van der Waals surface area contributed by atoms with Crippen LogP contribution in [0.25, 0.3) is 16.6 Å². The SMILES string of the molecule is CNC(=O)c1nn(-c2cnc(OC)c(C(=O)NCc3cccc(OC(F)(F)F)c3)c2)c2ccccc12. The number of hydrogen-bond acceptors (Lipinski definition) is 6. The van der Waals surface area contributed by atoms with E-state index in [4.69, 9.17) is 4.74 Å². The van der Waals surface area contributed by atoms with Gasteiger partial charge < -0.3 is 20.1 Å². The van der Waals surface area contributed by atoms with Gasteiger partial charge in [0.25, 0.3) is 11.8 Å². The predicted molar refractivity (Wildman–Crippen MR) is 123 cm³/mol. The first-order valence-corrected chi connectivity index (χ1v) is 10.6. The van der Waals surface area contributed by atoms with Crippen LogP contribution in [0, 0.1) is 0 Å². The highest BCUT2D eigenvalue weighted by Crippen LogP contribution is 2.26. The molecule has 0 saturated heterocycles. The van der Waals surface area contributed by atoms with Gasteiger partial charge in [0.1, 0.15) is 11.3 Å². The van der Waals surface area contributed by atoms with Crippen LogP contribution in [0.4, 0.5) is 13.2 Å². The number of rotatable bonds is 7. The second-order valence-electron chi connectivity index (χ2n) is 7.48. The molecular formula is C24H20F3N5O4. The number of fused-ring (bicyclic) bond motifs is 1. The topological polar surface area (TPSA) is 107 Å². The lowest BCUT2D eigenvalue weighted by molar-refractivity contribution is -0.274. The average Bonchev–Trinajstić information content (AvgIpc) is 3.25. The first-order valence-electron chi connectivity index (χ1n) is 10.6. The molecule has 4 rings (SSSR count). The van der Waals surface area contributed by atoms with E-state index >= 15 is 0 Å². The van der Waals surface area contributed by atoms with Crippen molar-refractivity contribution >= 4 is 22.7 Å². The molecule has 0 bridgehead atoms. The molecule has 2 N–H and O–H groups in total. The molecule has 2 aromatic heterocycles. The molecule has 0 aliphatic rings. The van der Waals surface area contributed by atoms with Crippen molar-refractivity contribution in [1.82, 2.24) is 25.4 Å². The fourth-order valence-electron chi connectivity index (χ4n) is 3.56. The van der Waals surface area contributed by atoms with Gasteiger partial charge in [0, 0.05) is 19.0 Å². The molecule has 0 fully saturated rings. The normalized spacial score (nSPS) is 11.2. The van der Waals surface area contributed by atoms with Crippen molar-refractivity contribution in [3.05, 3.63) is 77.6 Å². The lowest BCUT2D eigenvalue weighted by Gasteiger charge is -2.12. The Hall–Kier alpha value is -4.61. The largest absolute Gasteiger partial charge is 0.573 e. The number of amides is 2. The number of nitrogens with one attached hydrogen (secondary N) is 2. The second-order valence-corrected chi connectivity index (χ2v) is 7.48. The molecule has 0 saturated carbocycles. The van der Waals surface area contributed by atoms with E-state index in [-0.39, 0.29) is 29.6 Å². The molecule has 186 valence electrons. The molecule has 9 nitrogen and oxygen atoms in total. The summed E-state index contributed by atoms with van der Waals surface area (Å²) in [6.07, 6.45) is -3.38. The number of nitrogens with zero attached hydrogens (tertiary/aromatic N) is 3. The third kappa shape index (κ3) is 5.22. The fourth-order valence-corrected chi connectivity index (χ4v) is 3.56. The minimum absolute atomic E-state index is 0.0355. The van der Waals surface area contributed by atoms with Crippen LogP contribution < -0.4 is 20.1 Å². The van der Waals surface area contributed by atoms with Gasteiger partial charge in [-0.15, -0.1) is 13.2 Å². The third-order valence-electron chi connectivity index (χ3n) is 5.13. The van der Waals surface area contributed by atoms with Gasteiger partial charge in [-0.2, -0.15) is 5.10 Å². The zero-order valence-electron chi connectivity index (χ0n) is 19.1. The van der Waals surface area contributed by atoms with E-state index < -0.39 is 18.0 Å². The maximum Gasteiger partial charge on any atom is 0.573 e. The summed E-state index contributed by atoms with van der Waals surface area (Å²) < 4.78 is 48.1. The first kappa shape index (κ1) is 24.5. The molecule has 36 heavy (non-hydrogen) atoms. The van der Waals surface area contributed by atoms with Crippen LogP contribution >= 0.6 is 0 Å². The fraction of sp³-hybridized carbons (Fsp3) is 0.167. The van der Waals surface area contributed by atoms with Gasteiger partial charge in [0.2, 0.25) is 5.88 Å². The number of hydrogen-bond donors (Lipinski definition) is 2. The van der Waals surface area contributed by atoms with Crippen molar-refractivity contribution in [1.29, 1.82) is 0 Å². The van der Waals surface area contributed by atoms with Gasteiger partial charge in [-0.1, -0.05) is 30.3 Å². The number of ether oxygens (including phenoxy) is 2. The highest BCUT2D eigenvalue weighted by molar-refractivity contribution is 6.05. The number of para-hydroxylation sites is 1. The van der Waals surface area contributed by atoms with E-state index in [1.165, 1.54) is 43.2 Å². The predicted octanol–water partition coefficient (Wildman–Crippen LogP) is 3.62. The summed E-state index contributed by atoms with van der Waals surface area (Å²) in [5.74, 6) is -1.31. The van der Waals surface area contributed by atoms with Crippen LogP contribution in [0.5, 0.6) is 11.6 Å². The molecule has 2 amide bonds. The molecule has 0 aliphatic carbocycles. The number of benzene rings is 2. The Labute approximate surface area is 202 Å². The summed E-state index contributed by atoms with van der Waals surface area (Å²) in [5.41, 5.74) is 1.68. The maximum atomic E-state index is 13.0. The number of alkyl halides is 3. The molecule has 0 aliphatic heterocycles. The van der Waals surface area contributed by atoms with Crippen molar-refractivity contribution in [2.45, 2.75) is 12.9 Å². The lowest BCUT2D eigenvalue weighted by Crippen LogP contribution is -2.24. The van der Waals surface area contributed by atoms with E-state index in [1.807, 2.05) is 0 Å². The Morgan fingerprint density at radius 2 is 1.83 bits per heavy atom. The van der Waals surface area contributed by atoms with Crippen molar-refractivity contribution in [3.63, 3.8) is 0 Å².